The fourth-order valence-corrected chi connectivity index (χ4v) is 9.86. The van der Waals surface area contributed by atoms with Crippen LogP contribution in [-0.2, 0) is 42.9 Å². The Morgan fingerprint density at radius 1 is 0.972 bits per heavy atom. The summed E-state index contributed by atoms with van der Waals surface area (Å²) >= 11 is 0. The van der Waals surface area contributed by atoms with Crippen LogP contribution in [-0.4, -0.2) is 127 Å². The molecule has 2 saturated carbocycles. The highest BCUT2D eigenvalue weighted by Crippen LogP contribution is 2.36. The molecule has 4 aliphatic rings. The van der Waals surface area contributed by atoms with Crippen molar-refractivity contribution in [1.29, 1.82) is 0 Å². The summed E-state index contributed by atoms with van der Waals surface area (Å²) in [6.07, 6.45) is 15.8. The zero-order valence-electron chi connectivity index (χ0n) is 42.8. The number of benzene rings is 1. The molecule has 5 heterocycles. The fourth-order valence-electron chi connectivity index (χ4n) is 9.86. The number of aromatic nitrogens is 5. The molecule has 72 heavy (non-hydrogen) atoms. The Kier molecular flexibility index (Phi) is 16.2. The maximum Gasteiger partial charge on any atom is 0.409 e. The van der Waals surface area contributed by atoms with Crippen LogP contribution >= 0.6 is 0 Å². The lowest BCUT2D eigenvalue weighted by atomic mass is 9.86. The third kappa shape index (κ3) is 13.1. The molecule has 1 aromatic carbocycles. The summed E-state index contributed by atoms with van der Waals surface area (Å²) in [5.41, 5.74) is 1.66. The highest BCUT2D eigenvalue weighted by molar-refractivity contribution is 6.03. The lowest BCUT2D eigenvalue weighted by Crippen LogP contribution is -2.48. The van der Waals surface area contributed by atoms with Gasteiger partial charge in [-0.05, 0) is 135 Å². The Bertz CT molecular complexity index is 2710. The van der Waals surface area contributed by atoms with E-state index in [1.807, 2.05) is 62.0 Å². The predicted molar refractivity (Wildman–Crippen MR) is 269 cm³/mol. The van der Waals surface area contributed by atoms with Crippen LogP contribution in [0.4, 0.5) is 10.5 Å². The average Bonchev–Trinajstić information content (AvgIpc) is 3.68. The molecular formula is C52H72N10O10. The number of oxazole rings is 1. The minimum Gasteiger partial charge on any atom is -0.444 e. The van der Waals surface area contributed by atoms with Crippen molar-refractivity contribution in [3.8, 4) is 0 Å². The van der Waals surface area contributed by atoms with E-state index in [2.05, 4.69) is 37.8 Å². The first kappa shape index (κ1) is 52.2. The summed E-state index contributed by atoms with van der Waals surface area (Å²) in [6.45, 7) is 13.4. The van der Waals surface area contributed by atoms with E-state index in [0.29, 0.717) is 73.6 Å². The summed E-state index contributed by atoms with van der Waals surface area (Å²) in [5, 5.41) is 24.2. The lowest BCUT2D eigenvalue weighted by Gasteiger charge is -2.32. The number of hydrogen-bond acceptors (Lipinski definition) is 14. The second-order valence-corrected chi connectivity index (χ2v) is 21.3. The van der Waals surface area contributed by atoms with Crippen molar-refractivity contribution in [2.24, 2.45) is 18.9 Å². The molecule has 2 atom stereocenters. The zero-order chi connectivity index (χ0) is 51.3. The Hall–Kier alpha value is -6.09. The predicted octanol–water partition coefficient (Wildman–Crippen LogP) is 5.78. The van der Waals surface area contributed by atoms with Gasteiger partial charge < -0.3 is 38.9 Å². The third-order valence-corrected chi connectivity index (χ3v) is 13.7. The van der Waals surface area contributed by atoms with E-state index in [1.54, 1.807) is 31.7 Å². The largest absolute Gasteiger partial charge is 0.444 e. The molecule has 0 radical (unpaired) electrons. The zero-order valence-corrected chi connectivity index (χ0v) is 42.8. The van der Waals surface area contributed by atoms with Gasteiger partial charge in [0.1, 0.15) is 35.4 Å². The van der Waals surface area contributed by atoms with E-state index in [-0.39, 0.29) is 35.6 Å². The fraction of sp³-hybridized carbons (Fsp3) is 0.596. The number of fused-ring (bicyclic) bond motifs is 1. The number of aryl methyl sites for hydroxylation is 2. The van der Waals surface area contributed by atoms with Crippen molar-refractivity contribution in [1.82, 2.24) is 44.3 Å². The average molecular weight is 997 g/mol. The van der Waals surface area contributed by atoms with Crippen molar-refractivity contribution in [2.45, 2.75) is 128 Å². The number of piperidine rings is 1. The number of nitrogens with zero attached hydrogens (tertiary/aromatic N) is 7. The Labute approximate surface area is 420 Å². The molecule has 4 aromatic rings. The van der Waals surface area contributed by atoms with Gasteiger partial charge in [0, 0.05) is 57.7 Å². The molecular weight excluding hydrogens is 925 g/mol. The van der Waals surface area contributed by atoms with Crippen molar-refractivity contribution in [3.63, 3.8) is 0 Å². The SMILES string of the molecule is CN(CCOCCOCCCc1cccc2c1n(C)c(=O)n2C1CCC(=O)NC1=O)CC1CCC(n2cc(NC(=O)c3coc(C4=CC(NC(=O)OC(C)(C)C)N(CC5CC5)C=C4)n3)c(C(C)(C)O)n2)CC1. The molecule has 1 saturated heterocycles. The number of allylic oxidation sites excluding steroid dienone is 2. The van der Waals surface area contributed by atoms with Crippen molar-refractivity contribution in [2.75, 3.05) is 58.4 Å². The van der Waals surface area contributed by atoms with E-state index in [1.165, 1.54) is 10.8 Å². The molecule has 2 unspecified atom stereocenters. The van der Waals surface area contributed by atoms with Gasteiger partial charge in [-0.1, -0.05) is 12.1 Å². The molecule has 0 spiro atoms. The van der Waals surface area contributed by atoms with E-state index in [0.717, 1.165) is 75.7 Å². The molecule has 8 rings (SSSR count). The molecule has 0 bridgehead atoms. The molecule has 20 heteroatoms. The number of likely N-dealkylation sites (N-methyl/N-ethyl adjacent to an activating group) is 1. The lowest BCUT2D eigenvalue weighted by molar-refractivity contribution is -0.135. The smallest absolute Gasteiger partial charge is 0.409 e. The van der Waals surface area contributed by atoms with Gasteiger partial charge in [0.2, 0.25) is 17.7 Å². The van der Waals surface area contributed by atoms with Crippen LogP contribution in [0, 0.1) is 11.8 Å². The van der Waals surface area contributed by atoms with Gasteiger partial charge in [0.15, 0.2) is 5.69 Å². The van der Waals surface area contributed by atoms with Crippen LogP contribution in [0.3, 0.4) is 0 Å². The number of para-hydroxylation sites is 1. The number of imide groups is 1. The van der Waals surface area contributed by atoms with Gasteiger partial charge >= 0.3 is 11.8 Å². The number of amides is 4. The molecule has 390 valence electrons. The van der Waals surface area contributed by atoms with Gasteiger partial charge in [-0.2, -0.15) is 5.10 Å². The van der Waals surface area contributed by atoms with Gasteiger partial charge in [0.25, 0.3) is 5.91 Å². The van der Waals surface area contributed by atoms with Crippen LogP contribution in [0.1, 0.15) is 132 Å². The number of alkyl carbamates (subject to hydrolysis) is 1. The quantitative estimate of drug-likeness (QED) is 0.0573. The van der Waals surface area contributed by atoms with Crippen molar-refractivity contribution >= 4 is 46.1 Å². The Morgan fingerprint density at radius 2 is 1.71 bits per heavy atom. The highest BCUT2D eigenvalue weighted by atomic mass is 16.6. The normalized spacial score (nSPS) is 20.8. The number of anilines is 1. The summed E-state index contributed by atoms with van der Waals surface area (Å²) in [6, 6.07) is 5.13. The minimum atomic E-state index is -1.33. The first-order chi connectivity index (χ1) is 34.3. The molecule has 4 N–H and O–H groups in total. The second-order valence-electron chi connectivity index (χ2n) is 21.3. The molecule has 2 aliphatic heterocycles. The number of hydrogen-bond donors (Lipinski definition) is 4. The van der Waals surface area contributed by atoms with Gasteiger partial charge in [-0.25, -0.2) is 14.6 Å². The minimum absolute atomic E-state index is 0.0609. The molecule has 2 aliphatic carbocycles. The number of nitrogens with one attached hydrogen (secondary N) is 3. The topological polar surface area (TPSA) is 230 Å². The Balaban J connectivity index is 0.749. The van der Waals surface area contributed by atoms with Crippen molar-refractivity contribution < 1.29 is 42.9 Å². The summed E-state index contributed by atoms with van der Waals surface area (Å²) in [4.78, 5) is 72.8. The summed E-state index contributed by atoms with van der Waals surface area (Å²) in [7, 11) is 3.83. The van der Waals surface area contributed by atoms with E-state index in [4.69, 9.17) is 23.7 Å². The summed E-state index contributed by atoms with van der Waals surface area (Å²) in [5.74, 6) is 0.0518. The number of aliphatic hydroxyl groups is 1. The monoisotopic (exact) mass is 997 g/mol. The first-order valence-corrected chi connectivity index (χ1v) is 25.4. The number of carbonyl (C=O) groups excluding carboxylic acids is 4. The number of carbonyl (C=O) groups is 4. The van der Waals surface area contributed by atoms with Crippen LogP contribution < -0.4 is 21.6 Å². The summed E-state index contributed by atoms with van der Waals surface area (Å²) < 4.78 is 28.1. The molecule has 4 amide bonds. The van der Waals surface area contributed by atoms with E-state index < -0.39 is 41.3 Å². The van der Waals surface area contributed by atoms with Crippen LogP contribution in [0.15, 0.2) is 58.2 Å². The van der Waals surface area contributed by atoms with Crippen LogP contribution in [0.2, 0.25) is 0 Å². The van der Waals surface area contributed by atoms with Crippen molar-refractivity contribution in [3.05, 3.63) is 82.3 Å². The van der Waals surface area contributed by atoms with Gasteiger partial charge in [-0.3, -0.25) is 38.8 Å². The van der Waals surface area contributed by atoms with Gasteiger partial charge in [0.05, 0.1) is 42.6 Å². The highest BCUT2D eigenvalue weighted by Gasteiger charge is 2.34. The second kappa shape index (κ2) is 22.4. The third-order valence-electron chi connectivity index (χ3n) is 13.7. The van der Waals surface area contributed by atoms with Gasteiger partial charge in [-0.15, -0.1) is 0 Å². The van der Waals surface area contributed by atoms with Crippen LogP contribution in [0.5, 0.6) is 0 Å². The van der Waals surface area contributed by atoms with E-state index >= 15 is 0 Å². The number of imidazole rings is 1. The molecule has 3 fully saturated rings. The maximum atomic E-state index is 13.6. The standard InChI is InChI=1S/C52H72N10O10/c1-51(2,3)72-49(66)55-42-28-36(21-22-60(42)30-34-13-14-34)48-54-39(32-71-48)46(64)53-38-31-61(57-45(38)52(4,5)68)37-17-15-33(16-18-37)29-58(6)23-25-70-27-26-69-24-9-11-35-10-8-12-40-44(35)59(7)50(67)62(40)41-19-20-43(63)56-47(41)65/h8,10,12,21-22,28,31-34,37,41-42,68H,9,11,13-20,23-27,29-30H2,1-7H3,(H,53,64)(H,55,66)(H,56,63,65). The Morgan fingerprint density at radius 3 is 2.42 bits per heavy atom. The number of ether oxygens (including phenoxy) is 3. The molecule has 3 aromatic heterocycles. The van der Waals surface area contributed by atoms with E-state index in [9.17, 15) is 29.1 Å². The molecule has 20 nitrogen and oxygen atoms in total. The first-order valence-electron chi connectivity index (χ1n) is 25.4. The maximum absolute atomic E-state index is 13.6. The number of rotatable bonds is 21. The van der Waals surface area contributed by atoms with Crippen LogP contribution in [0.25, 0.3) is 16.6 Å².